The number of amides is 1. The third-order valence-corrected chi connectivity index (χ3v) is 4.31. The smallest absolute Gasteiger partial charge is 0.325 e. The standard InChI is InChI=1S/C18H13F3N4OS/c19-18(20,21)12-4-3-5-13(10-12)23-16(26)11-27-17-8-7-15(24-25-17)14-6-1-2-9-22-14/h1-10H,11H2,(H,23,26). The summed E-state index contributed by atoms with van der Waals surface area (Å²) in [6.07, 6.45) is -2.81. The van der Waals surface area contributed by atoms with Crippen LogP contribution in [0.25, 0.3) is 11.4 Å². The molecule has 0 atom stereocenters. The van der Waals surface area contributed by atoms with Crippen LogP contribution in [0.1, 0.15) is 5.56 Å². The monoisotopic (exact) mass is 390 g/mol. The zero-order valence-corrected chi connectivity index (χ0v) is 14.6. The lowest BCUT2D eigenvalue weighted by Crippen LogP contribution is -2.15. The van der Waals surface area contributed by atoms with Crippen molar-refractivity contribution in [3.05, 3.63) is 66.4 Å². The molecule has 2 aromatic heterocycles. The summed E-state index contributed by atoms with van der Waals surface area (Å²) < 4.78 is 38.1. The van der Waals surface area contributed by atoms with E-state index in [0.29, 0.717) is 16.4 Å². The van der Waals surface area contributed by atoms with E-state index in [0.717, 1.165) is 23.9 Å². The number of carbonyl (C=O) groups excluding carboxylic acids is 1. The van der Waals surface area contributed by atoms with Gasteiger partial charge in [0.2, 0.25) is 5.91 Å². The van der Waals surface area contributed by atoms with Gasteiger partial charge >= 0.3 is 6.18 Å². The predicted octanol–water partition coefficient (Wildman–Crippen LogP) is 4.29. The van der Waals surface area contributed by atoms with E-state index >= 15 is 0 Å². The van der Waals surface area contributed by atoms with Crippen molar-refractivity contribution in [3.8, 4) is 11.4 Å². The maximum absolute atomic E-state index is 12.7. The van der Waals surface area contributed by atoms with Gasteiger partial charge < -0.3 is 5.32 Å². The molecule has 0 saturated heterocycles. The fourth-order valence-electron chi connectivity index (χ4n) is 2.16. The van der Waals surface area contributed by atoms with E-state index in [1.165, 1.54) is 12.1 Å². The van der Waals surface area contributed by atoms with E-state index in [9.17, 15) is 18.0 Å². The summed E-state index contributed by atoms with van der Waals surface area (Å²) >= 11 is 1.13. The van der Waals surface area contributed by atoms with E-state index in [2.05, 4.69) is 20.5 Å². The molecule has 27 heavy (non-hydrogen) atoms. The highest BCUT2D eigenvalue weighted by Gasteiger charge is 2.30. The minimum Gasteiger partial charge on any atom is -0.325 e. The molecule has 0 saturated carbocycles. The Labute approximate surface area is 157 Å². The van der Waals surface area contributed by atoms with E-state index < -0.39 is 17.6 Å². The van der Waals surface area contributed by atoms with Gasteiger partial charge in [-0.05, 0) is 42.5 Å². The molecule has 1 aromatic carbocycles. The Hall–Kier alpha value is -2.94. The second kappa shape index (κ2) is 8.17. The number of benzene rings is 1. The number of hydrogen-bond donors (Lipinski definition) is 1. The lowest BCUT2D eigenvalue weighted by atomic mass is 10.2. The molecule has 138 valence electrons. The van der Waals surface area contributed by atoms with Gasteiger partial charge in [0.1, 0.15) is 10.7 Å². The number of rotatable bonds is 5. The number of pyridine rings is 1. The van der Waals surface area contributed by atoms with Gasteiger partial charge in [0, 0.05) is 11.9 Å². The van der Waals surface area contributed by atoms with Gasteiger partial charge in [0.25, 0.3) is 0 Å². The zero-order valence-electron chi connectivity index (χ0n) is 13.8. The molecule has 3 aromatic rings. The molecule has 0 fully saturated rings. The average Bonchev–Trinajstić information content (AvgIpc) is 2.67. The molecular formula is C18H13F3N4OS. The lowest BCUT2D eigenvalue weighted by molar-refractivity contribution is -0.137. The van der Waals surface area contributed by atoms with E-state index in [-0.39, 0.29) is 11.4 Å². The summed E-state index contributed by atoms with van der Waals surface area (Å²) in [6, 6.07) is 13.4. The maximum Gasteiger partial charge on any atom is 0.416 e. The zero-order chi connectivity index (χ0) is 19.3. The van der Waals surface area contributed by atoms with Crippen molar-refractivity contribution in [2.45, 2.75) is 11.2 Å². The summed E-state index contributed by atoms with van der Waals surface area (Å²) in [4.78, 5) is 16.1. The van der Waals surface area contributed by atoms with E-state index in [1.807, 2.05) is 6.07 Å². The Kier molecular flexibility index (Phi) is 5.70. The highest BCUT2D eigenvalue weighted by molar-refractivity contribution is 7.99. The van der Waals surface area contributed by atoms with Crippen LogP contribution in [0.5, 0.6) is 0 Å². The lowest BCUT2D eigenvalue weighted by Gasteiger charge is -2.09. The topological polar surface area (TPSA) is 67.8 Å². The molecule has 0 bridgehead atoms. The summed E-state index contributed by atoms with van der Waals surface area (Å²) in [5, 5.41) is 11.1. The fourth-order valence-corrected chi connectivity index (χ4v) is 2.77. The molecule has 0 aliphatic rings. The molecular weight excluding hydrogens is 377 g/mol. The quantitative estimate of drug-likeness (QED) is 0.659. The Morgan fingerprint density at radius 1 is 1.00 bits per heavy atom. The number of nitrogens with one attached hydrogen (secondary N) is 1. The first-order valence-corrected chi connectivity index (χ1v) is 8.75. The molecule has 1 N–H and O–H groups in total. The average molecular weight is 390 g/mol. The number of aromatic nitrogens is 3. The number of halogens is 3. The number of hydrogen-bond acceptors (Lipinski definition) is 5. The summed E-state index contributed by atoms with van der Waals surface area (Å²) in [5.74, 6) is -0.441. The molecule has 3 rings (SSSR count). The SMILES string of the molecule is O=C(CSc1ccc(-c2ccccn2)nn1)Nc1cccc(C(F)(F)F)c1. The predicted molar refractivity (Wildman–Crippen MR) is 96.1 cm³/mol. The minimum absolute atomic E-state index is 0.00609. The number of carbonyl (C=O) groups is 1. The summed E-state index contributed by atoms with van der Waals surface area (Å²) in [7, 11) is 0. The summed E-state index contributed by atoms with van der Waals surface area (Å²) in [6.45, 7) is 0. The van der Waals surface area contributed by atoms with Gasteiger partial charge in [-0.25, -0.2) is 0 Å². The van der Waals surface area contributed by atoms with Crippen molar-refractivity contribution < 1.29 is 18.0 Å². The van der Waals surface area contributed by atoms with Crippen molar-refractivity contribution in [2.24, 2.45) is 0 Å². The first kappa shape index (κ1) is 18.8. The Bertz CT molecular complexity index is 918. The van der Waals surface area contributed by atoms with Gasteiger partial charge in [0.15, 0.2) is 0 Å². The fraction of sp³-hybridized carbons (Fsp3) is 0.111. The number of anilines is 1. The molecule has 5 nitrogen and oxygen atoms in total. The van der Waals surface area contributed by atoms with Gasteiger partial charge in [-0.3, -0.25) is 9.78 Å². The van der Waals surface area contributed by atoms with Crippen LogP contribution in [0.3, 0.4) is 0 Å². The van der Waals surface area contributed by atoms with E-state index in [1.54, 1.807) is 30.5 Å². The minimum atomic E-state index is -4.46. The van der Waals surface area contributed by atoms with Crippen LogP contribution >= 0.6 is 11.8 Å². The van der Waals surface area contributed by atoms with Gasteiger partial charge in [0.05, 0.1) is 17.0 Å². The van der Waals surface area contributed by atoms with Crippen LogP contribution in [-0.2, 0) is 11.0 Å². The third-order valence-electron chi connectivity index (χ3n) is 3.39. The Morgan fingerprint density at radius 2 is 1.85 bits per heavy atom. The van der Waals surface area contributed by atoms with Crippen LogP contribution in [0, 0.1) is 0 Å². The summed E-state index contributed by atoms with van der Waals surface area (Å²) in [5.41, 5.74) is 0.563. The highest BCUT2D eigenvalue weighted by Crippen LogP contribution is 2.30. The van der Waals surface area contributed by atoms with Crippen molar-refractivity contribution >= 4 is 23.4 Å². The Balaban J connectivity index is 1.56. The third kappa shape index (κ3) is 5.27. The largest absolute Gasteiger partial charge is 0.416 e. The molecule has 2 heterocycles. The Morgan fingerprint density at radius 3 is 2.52 bits per heavy atom. The first-order valence-electron chi connectivity index (χ1n) is 7.77. The van der Waals surface area contributed by atoms with Gasteiger partial charge in [-0.2, -0.15) is 13.2 Å². The van der Waals surface area contributed by atoms with E-state index in [4.69, 9.17) is 0 Å². The number of nitrogens with zero attached hydrogens (tertiary/aromatic N) is 3. The molecule has 9 heteroatoms. The van der Waals surface area contributed by atoms with Crippen LogP contribution in [0.2, 0.25) is 0 Å². The second-order valence-corrected chi connectivity index (χ2v) is 6.38. The highest BCUT2D eigenvalue weighted by atomic mass is 32.2. The first-order chi connectivity index (χ1) is 12.9. The molecule has 0 radical (unpaired) electrons. The maximum atomic E-state index is 12.7. The molecule has 0 unspecified atom stereocenters. The molecule has 0 aliphatic heterocycles. The second-order valence-electron chi connectivity index (χ2n) is 5.39. The van der Waals surface area contributed by atoms with Crippen molar-refractivity contribution in [1.82, 2.24) is 15.2 Å². The normalized spacial score (nSPS) is 11.2. The number of alkyl halides is 3. The number of thioether (sulfide) groups is 1. The molecule has 1 amide bonds. The van der Waals surface area contributed by atoms with Crippen LogP contribution < -0.4 is 5.32 Å². The molecule has 0 aliphatic carbocycles. The van der Waals surface area contributed by atoms with Crippen LogP contribution in [0.15, 0.2) is 65.8 Å². The van der Waals surface area contributed by atoms with Gasteiger partial charge in [-0.1, -0.05) is 23.9 Å². The van der Waals surface area contributed by atoms with Gasteiger partial charge in [-0.15, -0.1) is 10.2 Å². The van der Waals surface area contributed by atoms with Crippen molar-refractivity contribution in [2.75, 3.05) is 11.1 Å². The molecule has 0 spiro atoms. The van der Waals surface area contributed by atoms with Crippen LogP contribution in [0.4, 0.5) is 18.9 Å². The van der Waals surface area contributed by atoms with Crippen molar-refractivity contribution in [3.63, 3.8) is 0 Å². The van der Waals surface area contributed by atoms with Crippen LogP contribution in [-0.4, -0.2) is 26.8 Å². The van der Waals surface area contributed by atoms with Crippen molar-refractivity contribution in [1.29, 1.82) is 0 Å².